The van der Waals surface area contributed by atoms with Gasteiger partial charge >= 0.3 is 0 Å². The minimum absolute atomic E-state index is 0.136. The van der Waals surface area contributed by atoms with E-state index < -0.39 is 17.0 Å². The topological polar surface area (TPSA) is 0 Å². The molecule has 82 valence electrons. The molecule has 0 aromatic heterocycles. The van der Waals surface area contributed by atoms with Gasteiger partial charge in [-0.2, -0.15) is 0 Å². The Morgan fingerprint density at radius 3 is 2.53 bits per heavy atom. The van der Waals surface area contributed by atoms with E-state index in [2.05, 4.69) is 22.9 Å². The number of rotatable bonds is 2. The van der Waals surface area contributed by atoms with Gasteiger partial charge in [-0.25, -0.2) is 8.78 Å². The Labute approximate surface area is 101 Å². The Morgan fingerprint density at radius 1 is 1.40 bits per heavy atom. The van der Waals surface area contributed by atoms with Crippen molar-refractivity contribution in [1.29, 1.82) is 0 Å². The van der Waals surface area contributed by atoms with Gasteiger partial charge in [-0.05, 0) is 46.3 Å². The van der Waals surface area contributed by atoms with Crippen LogP contribution >= 0.6 is 27.5 Å². The van der Waals surface area contributed by atoms with Crippen LogP contribution in [0.25, 0.3) is 0 Å². The van der Waals surface area contributed by atoms with Gasteiger partial charge in [0.25, 0.3) is 0 Å². The molecule has 1 fully saturated rings. The van der Waals surface area contributed by atoms with E-state index in [1.54, 1.807) is 0 Å². The molecule has 0 nitrogen and oxygen atoms in total. The van der Waals surface area contributed by atoms with Crippen LogP contribution in [-0.2, 0) is 0 Å². The number of benzene rings is 1. The van der Waals surface area contributed by atoms with Gasteiger partial charge in [0, 0.05) is 5.56 Å². The fraction of sp³-hybridized carbons (Fsp3) is 0.455. The molecule has 1 aromatic rings. The molecule has 0 aliphatic heterocycles. The summed E-state index contributed by atoms with van der Waals surface area (Å²) in [4.78, 5) is 0. The third-order valence-electron chi connectivity index (χ3n) is 2.88. The van der Waals surface area contributed by atoms with Gasteiger partial charge in [-0.3, -0.25) is 0 Å². The molecule has 0 amide bonds. The summed E-state index contributed by atoms with van der Waals surface area (Å²) in [5.41, 5.74) is 0.270. The van der Waals surface area contributed by atoms with Crippen molar-refractivity contribution in [3.8, 4) is 0 Å². The second-order valence-electron chi connectivity index (χ2n) is 4.07. The molecule has 1 saturated carbocycles. The molecule has 0 bridgehead atoms. The first-order valence-electron chi connectivity index (χ1n) is 4.79. The van der Waals surface area contributed by atoms with Crippen LogP contribution in [0, 0.1) is 23.5 Å². The van der Waals surface area contributed by atoms with Crippen LogP contribution < -0.4 is 0 Å². The van der Waals surface area contributed by atoms with E-state index in [-0.39, 0.29) is 16.0 Å². The molecule has 0 radical (unpaired) electrons. The molecular formula is C11H10BrClF2. The lowest BCUT2D eigenvalue weighted by molar-refractivity contribution is 0.566. The molecule has 4 heteroatoms. The van der Waals surface area contributed by atoms with Gasteiger partial charge in [0.1, 0.15) is 11.6 Å². The number of hydrogen-bond acceptors (Lipinski definition) is 0. The zero-order valence-corrected chi connectivity index (χ0v) is 10.4. The fourth-order valence-corrected chi connectivity index (χ4v) is 2.57. The first kappa shape index (κ1) is 11.3. The summed E-state index contributed by atoms with van der Waals surface area (Å²) in [6, 6.07) is 2.31. The molecule has 1 aliphatic rings. The minimum Gasteiger partial charge on any atom is -0.207 e. The summed E-state index contributed by atoms with van der Waals surface area (Å²) >= 11 is 9.04. The number of hydrogen-bond donors (Lipinski definition) is 0. The van der Waals surface area contributed by atoms with Gasteiger partial charge in [0.15, 0.2) is 0 Å². The largest absolute Gasteiger partial charge is 0.207 e. The third-order valence-corrected chi connectivity index (χ3v) is 4.05. The van der Waals surface area contributed by atoms with Crippen molar-refractivity contribution in [2.24, 2.45) is 11.8 Å². The van der Waals surface area contributed by atoms with Crippen molar-refractivity contribution in [2.75, 3.05) is 0 Å². The maximum atomic E-state index is 13.5. The van der Waals surface area contributed by atoms with Crippen LogP contribution in [0.2, 0.25) is 0 Å². The van der Waals surface area contributed by atoms with E-state index in [0.717, 1.165) is 12.5 Å². The highest BCUT2D eigenvalue weighted by Gasteiger charge is 2.40. The molecule has 3 unspecified atom stereocenters. The quantitative estimate of drug-likeness (QED) is 0.550. The highest BCUT2D eigenvalue weighted by Crippen LogP contribution is 2.50. The van der Waals surface area contributed by atoms with Crippen molar-refractivity contribution in [3.63, 3.8) is 0 Å². The molecule has 15 heavy (non-hydrogen) atoms. The Balaban J connectivity index is 2.31. The molecular weight excluding hydrogens is 285 g/mol. The Hall–Kier alpha value is -0.150. The lowest BCUT2D eigenvalue weighted by Crippen LogP contribution is -1.99. The maximum absolute atomic E-state index is 13.5. The Morgan fingerprint density at radius 2 is 2.00 bits per heavy atom. The van der Waals surface area contributed by atoms with E-state index in [0.29, 0.717) is 5.92 Å². The highest BCUT2D eigenvalue weighted by atomic mass is 79.9. The van der Waals surface area contributed by atoms with Gasteiger partial charge < -0.3 is 0 Å². The summed E-state index contributed by atoms with van der Waals surface area (Å²) in [7, 11) is 0. The SMILES string of the molecule is CC1CC1C(Cl)c1cc(F)c(Br)cc1F. The normalized spacial score (nSPS) is 26.5. The van der Waals surface area contributed by atoms with Crippen LogP contribution in [0.3, 0.4) is 0 Å². The van der Waals surface area contributed by atoms with Crippen LogP contribution in [0.5, 0.6) is 0 Å². The van der Waals surface area contributed by atoms with Crippen LogP contribution in [0.15, 0.2) is 16.6 Å². The van der Waals surface area contributed by atoms with Gasteiger partial charge in [-0.15, -0.1) is 11.6 Å². The lowest BCUT2D eigenvalue weighted by Gasteiger charge is -2.10. The highest BCUT2D eigenvalue weighted by molar-refractivity contribution is 9.10. The first-order chi connectivity index (χ1) is 7.00. The summed E-state index contributed by atoms with van der Waals surface area (Å²) in [5, 5.41) is -0.414. The van der Waals surface area contributed by atoms with E-state index in [1.807, 2.05) is 0 Å². The van der Waals surface area contributed by atoms with E-state index in [1.165, 1.54) is 6.07 Å². The average Bonchev–Trinajstić information content (AvgIpc) is 2.88. The van der Waals surface area contributed by atoms with E-state index in [9.17, 15) is 8.78 Å². The molecule has 0 spiro atoms. The lowest BCUT2D eigenvalue weighted by atomic mass is 10.1. The molecule has 1 aromatic carbocycles. The molecule has 1 aliphatic carbocycles. The van der Waals surface area contributed by atoms with Gasteiger partial charge in [0.2, 0.25) is 0 Å². The summed E-state index contributed by atoms with van der Waals surface area (Å²) < 4.78 is 26.9. The van der Waals surface area contributed by atoms with Crippen molar-refractivity contribution in [1.82, 2.24) is 0 Å². The third kappa shape index (κ3) is 2.18. The molecule has 0 saturated heterocycles. The molecule has 2 rings (SSSR count). The zero-order chi connectivity index (χ0) is 11.2. The van der Waals surface area contributed by atoms with Crippen LogP contribution in [-0.4, -0.2) is 0 Å². The van der Waals surface area contributed by atoms with E-state index >= 15 is 0 Å². The number of halogens is 4. The zero-order valence-electron chi connectivity index (χ0n) is 8.11. The summed E-state index contributed by atoms with van der Waals surface area (Å²) in [6.07, 6.45) is 0.991. The fourth-order valence-electron chi connectivity index (χ4n) is 1.74. The van der Waals surface area contributed by atoms with Crippen LogP contribution in [0.4, 0.5) is 8.78 Å². The second-order valence-corrected chi connectivity index (χ2v) is 5.39. The maximum Gasteiger partial charge on any atom is 0.137 e. The predicted molar refractivity (Wildman–Crippen MR) is 59.9 cm³/mol. The molecule has 0 heterocycles. The van der Waals surface area contributed by atoms with Crippen molar-refractivity contribution >= 4 is 27.5 Å². The number of alkyl halides is 1. The minimum atomic E-state index is -0.467. The van der Waals surface area contributed by atoms with Crippen molar-refractivity contribution < 1.29 is 8.78 Å². The summed E-state index contributed by atoms with van der Waals surface area (Å²) in [6.45, 7) is 2.06. The van der Waals surface area contributed by atoms with Crippen molar-refractivity contribution in [3.05, 3.63) is 33.8 Å². The smallest absolute Gasteiger partial charge is 0.137 e. The van der Waals surface area contributed by atoms with Gasteiger partial charge in [0.05, 0.1) is 9.85 Å². The van der Waals surface area contributed by atoms with Crippen LogP contribution in [0.1, 0.15) is 24.3 Å². The summed E-state index contributed by atoms with van der Waals surface area (Å²) in [5.74, 6) is -0.118. The molecule has 0 N–H and O–H groups in total. The van der Waals surface area contributed by atoms with Gasteiger partial charge in [-0.1, -0.05) is 6.92 Å². The Bertz CT molecular complexity index is 394. The average molecular weight is 296 g/mol. The molecule has 3 atom stereocenters. The standard InChI is InChI=1S/C11H10BrClF2/c1-5-2-6(5)11(13)7-3-10(15)8(12)4-9(7)14/h3-6,11H,2H2,1H3. The monoisotopic (exact) mass is 294 g/mol. The first-order valence-corrected chi connectivity index (χ1v) is 6.02. The Kier molecular flexibility index (Phi) is 3.04. The van der Waals surface area contributed by atoms with E-state index in [4.69, 9.17) is 11.6 Å². The van der Waals surface area contributed by atoms with Crippen molar-refractivity contribution in [2.45, 2.75) is 18.7 Å². The second kappa shape index (κ2) is 4.02. The predicted octanol–water partition coefficient (Wildman–Crippen LogP) is 4.66.